The van der Waals surface area contributed by atoms with Gasteiger partial charge in [0.25, 0.3) is 0 Å². The lowest BCUT2D eigenvalue weighted by molar-refractivity contribution is -0.00684. The van der Waals surface area contributed by atoms with E-state index in [1.54, 1.807) is 0 Å². The van der Waals surface area contributed by atoms with Crippen molar-refractivity contribution in [2.24, 2.45) is 5.73 Å². The zero-order valence-corrected chi connectivity index (χ0v) is 6.67. The molecule has 0 aromatic carbocycles. The van der Waals surface area contributed by atoms with E-state index in [1.807, 2.05) is 6.92 Å². The highest BCUT2D eigenvalue weighted by molar-refractivity contribution is 5.72. The molecule has 1 fully saturated rings. The molecule has 0 heterocycles. The van der Waals surface area contributed by atoms with Crippen LogP contribution in [-0.2, 0) is 4.74 Å². The summed E-state index contributed by atoms with van der Waals surface area (Å²) in [5, 5.41) is 2.63. The highest BCUT2D eigenvalue weighted by atomic mass is 16.5. The number of amides is 2. The molecule has 3 N–H and O–H groups in total. The number of primary amides is 1. The Morgan fingerprint density at radius 1 is 1.73 bits per heavy atom. The molecule has 1 saturated carbocycles. The Morgan fingerprint density at radius 3 is 2.82 bits per heavy atom. The molecule has 0 atom stereocenters. The molecule has 11 heavy (non-hydrogen) atoms. The van der Waals surface area contributed by atoms with Crippen molar-refractivity contribution in [2.45, 2.75) is 31.9 Å². The van der Waals surface area contributed by atoms with Crippen molar-refractivity contribution < 1.29 is 9.53 Å². The van der Waals surface area contributed by atoms with Gasteiger partial charge in [-0.1, -0.05) is 0 Å². The van der Waals surface area contributed by atoms with Crippen molar-refractivity contribution in [2.75, 3.05) is 6.61 Å². The number of urea groups is 1. The standard InChI is InChI=1S/C7H14N2O2/c1-2-11-6-3-5(4-6)9-7(8)10/h5-6H,2-4H2,1H3,(H3,8,9,10). The Morgan fingerprint density at radius 2 is 2.36 bits per heavy atom. The van der Waals surface area contributed by atoms with Gasteiger partial charge in [0.1, 0.15) is 0 Å². The van der Waals surface area contributed by atoms with Crippen LogP contribution in [0.25, 0.3) is 0 Å². The summed E-state index contributed by atoms with van der Waals surface area (Å²) in [7, 11) is 0. The summed E-state index contributed by atoms with van der Waals surface area (Å²) in [6, 6.07) is -0.200. The van der Waals surface area contributed by atoms with Crippen LogP contribution < -0.4 is 11.1 Å². The molecule has 0 aromatic heterocycles. The van der Waals surface area contributed by atoms with E-state index < -0.39 is 6.03 Å². The maximum absolute atomic E-state index is 10.3. The van der Waals surface area contributed by atoms with E-state index in [1.165, 1.54) is 0 Å². The maximum Gasteiger partial charge on any atom is 0.312 e. The van der Waals surface area contributed by atoms with E-state index in [9.17, 15) is 4.79 Å². The lowest BCUT2D eigenvalue weighted by Gasteiger charge is -2.34. The first-order chi connectivity index (χ1) is 5.22. The van der Waals surface area contributed by atoms with Gasteiger partial charge < -0.3 is 15.8 Å². The Balaban J connectivity index is 2.04. The molecular formula is C7H14N2O2. The molecule has 2 amide bonds. The van der Waals surface area contributed by atoms with Crippen LogP contribution in [0, 0.1) is 0 Å². The highest BCUT2D eigenvalue weighted by Crippen LogP contribution is 2.22. The molecule has 1 aliphatic carbocycles. The Hall–Kier alpha value is -0.770. The summed E-state index contributed by atoms with van der Waals surface area (Å²) in [5.74, 6) is 0. The van der Waals surface area contributed by atoms with Gasteiger partial charge in [0.15, 0.2) is 0 Å². The second kappa shape index (κ2) is 3.57. The van der Waals surface area contributed by atoms with Gasteiger partial charge in [0.2, 0.25) is 0 Å². The van der Waals surface area contributed by atoms with E-state index in [0.29, 0.717) is 6.10 Å². The first-order valence-electron chi connectivity index (χ1n) is 3.90. The Labute approximate surface area is 66.1 Å². The van der Waals surface area contributed by atoms with Crippen LogP contribution in [0.15, 0.2) is 0 Å². The number of hydrogen-bond donors (Lipinski definition) is 2. The molecule has 0 bridgehead atoms. The maximum atomic E-state index is 10.3. The van der Waals surface area contributed by atoms with Crippen LogP contribution in [-0.4, -0.2) is 24.8 Å². The third-order valence-electron chi connectivity index (χ3n) is 1.84. The smallest absolute Gasteiger partial charge is 0.312 e. The minimum Gasteiger partial charge on any atom is -0.378 e. The predicted octanol–water partition coefficient (Wildman–Crippen LogP) is 0.222. The molecule has 0 saturated heterocycles. The molecule has 0 spiro atoms. The molecular weight excluding hydrogens is 144 g/mol. The molecule has 1 aliphatic rings. The average molecular weight is 158 g/mol. The van der Waals surface area contributed by atoms with Crippen molar-refractivity contribution in [3.63, 3.8) is 0 Å². The van der Waals surface area contributed by atoms with Gasteiger partial charge in [-0.15, -0.1) is 0 Å². The third-order valence-corrected chi connectivity index (χ3v) is 1.84. The molecule has 0 unspecified atom stereocenters. The summed E-state index contributed by atoms with van der Waals surface area (Å²) in [6.07, 6.45) is 2.13. The Bertz CT molecular complexity index is 143. The van der Waals surface area contributed by atoms with E-state index in [-0.39, 0.29) is 6.04 Å². The number of nitrogens with one attached hydrogen (secondary N) is 1. The first-order valence-corrected chi connectivity index (χ1v) is 3.90. The van der Waals surface area contributed by atoms with E-state index >= 15 is 0 Å². The molecule has 0 radical (unpaired) electrons. The van der Waals surface area contributed by atoms with Crippen LogP contribution in [0.1, 0.15) is 19.8 Å². The topological polar surface area (TPSA) is 64.3 Å². The summed E-state index contributed by atoms with van der Waals surface area (Å²) < 4.78 is 5.30. The number of ether oxygens (including phenoxy) is 1. The molecule has 64 valence electrons. The largest absolute Gasteiger partial charge is 0.378 e. The zero-order chi connectivity index (χ0) is 8.27. The monoisotopic (exact) mass is 158 g/mol. The molecule has 0 aliphatic heterocycles. The first kappa shape index (κ1) is 8.33. The van der Waals surface area contributed by atoms with Crippen molar-refractivity contribution in [1.29, 1.82) is 0 Å². The van der Waals surface area contributed by atoms with Gasteiger partial charge >= 0.3 is 6.03 Å². The van der Waals surface area contributed by atoms with Gasteiger partial charge in [-0.3, -0.25) is 0 Å². The van der Waals surface area contributed by atoms with E-state index in [2.05, 4.69) is 5.32 Å². The molecule has 0 aromatic rings. The van der Waals surface area contributed by atoms with E-state index in [0.717, 1.165) is 19.4 Å². The second-order valence-electron chi connectivity index (χ2n) is 2.75. The Kier molecular flexibility index (Phi) is 2.70. The number of nitrogens with two attached hydrogens (primary N) is 1. The number of rotatable bonds is 3. The highest BCUT2D eigenvalue weighted by Gasteiger charge is 2.29. The summed E-state index contributed by atoms with van der Waals surface area (Å²) >= 11 is 0. The van der Waals surface area contributed by atoms with Crippen LogP contribution in [0.2, 0.25) is 0 Å². The predicted molar refractivity (Wildman–Crippen MR) is 41.2 cm³/mol. The lowest BCUT2D eigenvalue weighted by Crippen LogP contribution is -2.49. The summed E-state index contributed by atoms with van der Waals surface area (Å²) in [4.78, 5) is 10.3. The number of carbonyl (C=O) groups excluding carboxylic acids is 1. The fourth-order valence-corrected chi connectivity index (χ4v) is 1.26. The number of hydrogen-bond acceptors (Lipinski definition) is 2. The van der Waals surface area contributed by atoms with Crippen LogP contribution in [0.5, 0.6) is 0 Å². The van der Waals surface area contributed by atoms with Crippen molar-refractivity contribution in [3.05, 3.63) is 0 Å². The van der Waals surface area contributed by atoms with Crippen LogP contribution in [0.3, 0.4) is 0 Å². The fraction of sp³-hybridized carbons (Fsp3) is 0.857. The van der Waals surface area contributed by atoms with Crippen LogP contribution >= 0.6 is 0 Å². The van der Waals surface area contributed by atoms with Gasteiger partial charge in [-0.2, -0.15) is 0 Å². The van der Waals surface area contributed by atoms with Crippen molar-refractivity contribution in [1.82, 2.24) is 5.32 Å². The van der Waals surface area contributed by atoms with Gasteiger partial charge in [0.05, 0.1) is 6.10 Å². The van der Waals surface area contributed by atoms with Gasteiger partial charge in [-0.05, 0) is 19.8 Å². The molecule has 4 nitrogen and oxygen atoms in total. The summed E-state index contributed by atoms with van der Waals surface area (Å²) in [5.41, 5.74) is 4.93. The average Bonchev–Trinajstić information content (AvgIpc) is 1.82. The zero-order valence-electron chi connectivity index (χ0n) is 6.67. The van der Waals surface area contributed by atoms with Gasteiger partial charge in [-0.25, -0.2) is 4.79 Å². The third kappa shape index (κ3) is 2.38. The van der Waals surface area contributed by atoms with E-state index in [4.69, 9.17) is 10.5 Å². The van der Waals surface area contributed by atoms with Gasteiger partial charge in [0, 0.05) is 12.6 Å². The van der Waals surface area contributed by atoms with Crippen molar-refractivity contribution in [3.8, 4) is 0 Å². The minimum atomic E-state index is -0.440. The van der Waals surface area contributed by atoms with Crippen LogP contribution in [0.4, 0.5) is 4.79 Å². The van der Waals surface area contributed by atoms with Crippen molar-refractivity contribution >= 4 is 6.03 Å². The molecule has 4 heteroatoms. The minimum absolute atomic E-state index is 0.240. The molecule has 1 rings (SSSR count). The normalized spacial score (nSPS) is 29.2. The second-order valence-corrected chi connectivity index (χ2v) is 2.75. The fourth-order valence-electron chi connectivity index (χ4n) is 1.26. The lowest BCUT2D eigenvalue weighted by atomic mass is 9.89. The quantitative estimate of drug-likeness (QED) is 0.617. The SMILES string of the molecule is CCOC1CC(NC(N)=O)C1. The summed E-state index contributed by atoms with van der Waals surface area (Å²) in [6.45, 7) is 2.71. The number of carbonyl (C=O) groups is 1.